The second-order valence-corrected chi connectivity index (χ2v) is 20.9. The number of nitrogens with zero attached hydrogens (tertiary/aromatic N) is 2. The average Bonchev–Trinajstić information content (AvgIpc) is 3.09. The highest BCUT2D eigenvalue weighted by Crippen LogP contribution is 2.62. The summed E-state index contributed by atoms with van der Waals surface area (Å²) in [6, 6.07) is 34.6. The van der Waals surface area contributed by atoms with E-state index in [1.807, 2.05) is 0 Å². The third kappa shape index (κ3) is 5.49. The average molecular weight is 723 g/mol. The molecule has 5 aromatic rings. The van der Waals surface area contributed by atoms with Crippen molar-refractivity contribution in [3.63, 3.8) is 0 Å². The van der Waals surface area contributed by atoms with Gasteiger partial charge in [0.05, 0.1) is 0 Å². The molecular formula is C52H59BN2. The predicted molar refractivity (Wildman–Crippen MR) is 237 cm³/mol. The number of hydrogen-bond donors (Lipinski definition) is 0. The van der Waals surface area contributed by atoms with Gasteiger partial charge in [0, 0.05) is 34.1 Å². The van der Waals surface area contributed by atoms with Crippen molar-refractivity contribution < 1.29 is 0 Å². The lowest BCUT2D eigenvalue weighted by atomic mass is 9.32. The Morgan fingerprint density at radius 3 is 1.58 bits per heavy atom. The number of aryl methyl sites for hydroxylation is 4. The van der Waals surface area contributed by atoms with Gasteiger partial charge in [0.2, 0.25) is 0 Å². The van der Waals surface area contributed by atoms with Crippen molar-refractivity contribution in [2.45, 2.75) is 124 Å². The van der Waals surface area contributed by atoms with E-state index in [-0.39, 0.29) is 23.0 Å². The molecule has 4 saturated carbocycles. The highest BCUT2D eigenvalue weighted by molar-refractivity contribution is 7.00. The minimum absolute atomic E-state index is 0.0336. The lowest BCUT2D eigenvalue weighted by Gasteiger charge is -2.57. The van der Waals surface area contributed by atoms with E-state index in [1.54, 1.807) is 5.56 Å². The molecule has 0 atom stereocenters. The Kier molecular flexibility index (Phi) is 7.61. The molecule has 2 aliphatic heterocycles. The predicted octanol–water partition coefficient (Wildman–Crippen LogP) is 12.1. The largest absolute Gasteiger partial charge is 0.311 e. The van der Waals surface area contributed by atoms with Gasteiger partial charge in [-0.15, -0.1) is 0 Å². The number of rotatable bonds is 3. The first kappa shape index (κ1) is 35.2. The van der Waals surface area contributed by atoms with Crippen LogP contribution >= 0.6 is 0 Å². The Morgan fingerprint density at radius 2 is 1.02 bits per heavy atom. The highest BCUT2D eigenvalue weighted by Gasteiger charge is 2.53. The highest BCUT2D eigenvalue weighted by atomic mass is 15.2. The lowest BCUT2D eigenvalue weighted by molar-refractivity contribution is -0.00514. The summed E-state index contributed by atoms with van der Waals surface area (Å²) >= 11 is 0. The molecule has 4 bridgehead atoms. The molecule has 55 heavy (non-hydrogen) atoms. The molecule has 4 aliphatic carbocycles. The van der Waals surface area contributed by atoms with Crippen LogP contribution in [0.1, 0.15) is 119 Å². The fourth-order valence-electron chi connectivity index (χ4n) is 12.5. The third-order valence-corrected chi connectivity index (χ3v) is 14.5. The number of fused-ring (bicyclic) bond motifs is 4. The molecule has 0 amide bonds. The Bertz CT molecular complexity index is 2330. The Balaban J connectivity index is 1.32. The van der Waals surface area contributed by atoms with Crippen LogP contribution in [0.3, 0.4) is 0 Å². The topological polar surface area (TPSA) is 6.48 Å². The van der Waals surface area contributed by atoms with Crippen LogP contribution in [0.5, 0.6) is 0 Å². The van der Waals surface area contributed by atoms with Crippen molar-refractivity contribution in [2.75, 3.05) is 9.80 Å². The zero-order chi connectivity index (χ0) is 38.3. The van der Waals surface area contributed by atoms with E-state index < -0.39 is 0 Å². The molecule has 0 N–H and O–H groups in total. The molecule has 0 saturated heterocycles. The van der Waals surface area contributed by atoms with Crippen LogP contribution in [0.15, 0.2) is 84.9 Å². The SMILES string of the molecule is Cc1cc(C)cc(N2c3ccc(C(C)(C)C)cc3B3c4c(C)cc(C)cc4N(c4ccc(C(C)(C)C)cc4)c4cc(C56CC7CC(CC(C7)C5)C6)cc2c43)c1. The van der Waals surface area contributed by atoms with Gasteiger partial charge in [-0.25, -0.2) is 0 Å². The van der Waals surface area contributed by atoms with Crippen LogP contribution < -0.4 is 26.2 Å². The summed E-state index contributed by atoms with van der Waals surface area (Å²) in [6.07, 6.45) is 8.42. The van der Waals surface area contributed by atoms with Gasteiger partial charge in [-0.3, -0.25) is 0 Å². The Hall–Kier alpha value is -4.24. The molecule has 280 valence electrons. The molecule has 0 unspecified atom stereocenters. The van der Waals surface area contributed by atoms with Crippen LogP contribution in [0.4, 0.5) is 34.1 Å². The van der Waals surface area contributed by atoms with Crippen LogP contribution in [-0.2, 0) is 16.2 Å². The first-order valence-corrected chi connectivity index (χ1v) is 21.3. The minimum Gasteiger partial charge on any atom is -0.311 e. The molecule has 2 nitrogen and oxygen atoms in total. The maximum atomic E-state index is 2.72. The van der Waals surface area contributed by atoms with Gasteiger partial charge in [0.15, 0.2) is 0 Å². The molecule has 6 aliphatic rings. The van der Waals surface area contributed by atoms with E-state index in [4.69, 9.17) is 0 Å². The van der Waals surface area contributed by atoms with Crippen molar-refractivity contribution in [1.82, 2.24) is 0 Å². The van der Waals surface area contributed by atoms with Crippen LogP contribution in [-0.4, -0.2) is 6.71 Å². The molecule has 0 radical (unpaired) electrons. The third-order valence-electron chi connectivity index (χ3n) is 14.5. The standard InChI is InChI=1S/C52H59BN2/c1-31-17-32(2)20-42(19-31)55-44-16-13-39(51(8,9)10)25-43(44)53-48-34(4)18-33(3)21-45(48)54(41-14-11-38(12-15-41)50(5,6)7)46-26-40(27-47(55)49(46)53)52-28-35-22-36(29-52)24-37(23-35)30-52/h11-21,25-27,35-37H,22-24,28-30H2,1-10H3. The van der Waals surface area contributed by atoms with Crippen molar-refractivity contribution >= 4 is 57.2 Å². The van der Waals surface area contributed by atoms with E-state index in [1.165, 1.54) is 122 Å². The Morgan fingerprint density at radius 1 is 0.509 bits per heavy atom. The van der Waals surface area contributed by atoms with Gasteiger partial charge in [-0.1, -0.05) is 83.5 Å². The summed E-state index contributed by atoms with van der Waals surface area (Å²) in [5, 5.41) is 0. The van der Waals surface area contributed by atoms with Gasteiger partial charge in [0.1, 0.15) is 0 Å². The van der Waals surface area contributed by atoms with Gasteiger partial charge in [-0.2, -0.15) is 0 Å². The minimum atomic E-state index is 0.0336. The number of hydrogen-bond acceptors (Lipinski definition) is 2. The van der Waals surface area contributed by atoms with Gasteiger partial charge in [-0.05, 0) is 199 Å². The molecular weight excluding hydrogens is 663 g/mol. The first-order valence-electron chi connectivity index (χ1n) is 21.3. The van der Waals surface area contributed by atoms with Crippen molar-refractivity contribution in [1.29, 1.82) is 0 Å². The molecule has 0 spiro atoms. The quantitative estimate of drug-likeness (QED) is 0.168. The molecule has 2 heterocycles. The molecule has 0 aromatic heterocycles. The first-order chi connectivity index (χ1) is 26.1. The fourth-order valence-corrected chi connectivity index (χ4v) is 12.5. The summed E-state index contributed by atoms with van der Waals surface area (Å²) in [5.41, 5.74) is 22.4. The zero-order valence-corrected chi connectivity index (χ0v) is 35.0. The summed E-state index contributed by atoms with van der Waals surface area (Å²) in [6.45, 7) is 23.4. The van der Waals surface area contributed by atoms with Gasteiger partial charge < -0.3 is 9.80 Å². The molecule has 5 aromatic carbocycles. The number of benzene rings is 5. The monoisotopic (exact) mass is 722 g/mol. The van der Waals surface area contributed by atoms with E-state index in [0.717, 1.165) is 17.8 Å². The van der Waals surface area contributed by atoms with E-state index in [9.17, 15) is 0 Å². The van der Waals surface area contributed by atoms with Crippen molar-refractivity contribution in [3.05, 3.63) is 124 Å². The molecule has 3 heteroatoms. The number of anilines is 6. The summed E-state index contributed by atoms with van der Waals surface area (Å²) in [7, 11) is 0. The van der Waals surface area contributed by atoms with Crippen molar-refractivity contribution in [3.8, 4) is 0 Å². The second kappa shape index (κ2) is 11.9. The molecule has 4 fully saturated rings. The van der Waals surface area contributed by atoms with E-state index in [2.05, 4.69) is 164 Å². The smallest absolute Gasteiger partial charge is 0.252 e. The Labute approximate surface area is 331 Å². The summed E-state index contributed by atoms with van der Waals surface area (Å²) in [4.78, 5) is 5.36. The van der Waals surface area contributed by atoms with Crippen LogP contribution in [0, 0.1) is 45.4 Å². The van der Waals surface area contributed by atoms with Crippen molar-refractivity contribution in [2.24, 2.45) is 17.8 Å². The van der Waals surface area contributed by atoms with Gasteiger partial charge in [0.25, 0.3) is 6.71 Å². The van der Waals surface area contributed by atoms with Gasteiger partial charge >= 0.3 is 0 Å². The van der Waals surface area contributed by atoms with Crippen LogP contribution in [0.25, 0.3) is 0 Å². The second-order valence-electron chi connectivity index (χ2n) is 20.9. The lowest BCUT2D eigenvalue weighted by Crippen LogP contribution is -2.62. The van der Waals surface area contributed by atoms with Crippen LogP contribution in [0.2, 0.25) is 0 Å². The van der Waals surface area contributed by atoms with E-state index in [0.29, 0.717) is 0 Å². The summed E-state index contributed by atoms with van der Waals surface area (Å²) < 4.78 is 0. The molecule has 11 rings (SSSR count). The normalized spacial score (nSPS) is 23.5. The fraction of sp³-hybridized carbons (Fsp3) is 0.423. The maximum absolute atomic E-state index is 2.72. The zero-order valence-electron chi connectivity index (χ0n) is 35.0. The summed E-state index contributed by atoms with van der Waals surface area (Å²) in [5.74, 6) is 2.64. The van der Waals surface area contributed by atoms with E-state index >= 15 is 0 Å². The maximum Gasteiger partial charge on any atom is 0.252 e.